The Kier molecular flexibility index (Phi) is 3.07. The summed E-state index contributed by atoms with van der Waals surface area (Å²) in [7, 11) is 0. The molecule has 1 nitrogen and oxygen atoms in total. The van der Waals surface area contributed by atoms with Crippen LogP contribution in [0.1, 0.15) is 25.3 Å². The Labute approximate surface area is 109 Å². The molecule has 1 aromatic rings. The van der Waals surface area contributed by atoms with Crippen molar-refractivity contribution in [1.82, 2.24) is 0 Å². The number of benzene rings is 1. The van der Waals surface area contributed by atoms with Crippen molar-refractivity contribution in [2.75, 3.05) is 0 Å². The van der Waals surface area contributed by atoms with Crippen LogP contribution in [0.2, 0.25) is 0 Å². The third kappa shape index (κ3) is 2.03. The minimum atomic E-state index is 0.295. The predicted molar refractivity (Wildman–Crippen MR) is 73.2 cm³/mol. The number of fused-ring (bicyclic) bond motifs is 2. The van der Waals surface area contributed by atoms with E-state index >= 15 is 0 Å². The van der Waals surface area contributed by atoms with Crippen molar-refractivity contribution in [2.45, 2.75) is 26.2 Å². The van der Waals surface area contributed by atoms with Crippen LogP contribution >= 0.6 is 0 Å². The van der Waals surface area contributed by atoms with Crippen LogP contribution in [0.15, 0.2) is 42.5 Å². The molecule has 1 fully saturated rings. The fraction of sp³-hybridized carbons (Fsp3) is 0.471. The molecular formula is C17H20O. The summed E-state index contributed by atoms with van der Waals surface area (Å²) in [6.07, 6.45) is 7.40. The normalized spacial score (nSPS) is 32.9. The van der Waals surface area contributed by atoms with Gasteiger partial charge >= 0.3 is 0 Å². The first kappa shape index (κ1) is 11.7. The van der Waals surface area contributed by atoms with Gasteiger partial charge in [0.05, 0.1) is 0 Å². The van der Waals surface area contributed by atoms with E-state index in [0.29, 0.717) is 35.9 Å². The predicted octanol–water partition coefficient (Wildman–Crippen LogP) is 3.65. The number of aryl methyl sites for hydroxylation is 1. The zero-order chi connectivity index (χ0) is 12.5. The Balaban J connectivity index is 1.61. The van der Waals surface area contributed by atoms with Crippen LogP contribution < -0.4 is 0 Å². The molecule has 0 amide bonds. The van der Waals surface area contributed by atoms with Crippen molar-refractivity contribution in [1.29, 1.82) is 0 Å². The maximum Gasteiger partial charge on any atom is 0.137 e. The summed E-state index contributed by atoms with van der Waals surface area (Å²) in [5.41, 5.74) is 1.28. The van der Waals surface area contributed by atoms with Gasteiger partial charge in [-0.05, 0) is 36.2 Å². The first-order valence-corrected chi connectivity index (χ1v) is 7.00. The highest BCUT2D eigenvalue weighted by molar-refractivity contribution is 5.82. The molecule has 1 heteroatoms. The van der Waals surface area contributed by atoms with Gasteiger partial charge in [-0.3, -0.25) is 4.79 Å². The molecule has 94 valence electrons. The van der Waals surface area contributed by atoms with Gasteiger partial charge in [0.2, 0.25) is 0 Å². The number of hydrogen-bond donors (Lipinski definition) is 0. The number of carbonyl (C=O) groups excluding carboxylic acids is 1. The van der Waals surface area contributed by atoms with Gasteiger partial charge < -0.3 is 0 Å². The molecule has 3 rings (SSSR count). The first-order chi connectivity index (χ1) is 8.75. The van der Waals surface area contributed by atoms with Gasteiger partial charge in [0.1, 0.15) is 5.78 Å². The number of Topliss-reactive ketones (excluding diaryl/α,β-unsaturated/α-hetero) is 1. The molecule has 18 heavy (non-hydrogen) atoms. The molecule has 0 radical (unpaired) electrons. The van der Waals surface area contributed by atoms with Gasteiger partial charge in [0.15, 0.2) is 0 Å². The lowest BCUT2D eigenvalue weighted by molar-refractivity contribution is -0.124. The lowest BCUT2D eigenvalue weighted by atomic mass is 9.80. The van der Waals surface area contributed by atoms with Crippen molar-refractivity contribution < 1.29 is 4.79 Å². The van der Waals surface area contributed by atoms with E-state index < -0.39 is 0 Å². The van der Waals surface area contributed by atoms with Crippen molar-refractivity contribution in [2.24, 2.45) is 23.7 Å². The summed E-state index contributed by atoms with van der Waals surface area (Å²) in [5.74, 6) is 2.53. The highest BCUT2D eigenvalue weighted by atomic mass is 16.1. The molecule has 0 heterocycles. The topological polar surface area (TPSA) is 17.1 Å². The van der Waals surface area contributed by atoms with Gasteiger partial charge in [0, 0.05) is 12.3 Å². The van der Waals surface area contributed by atoms with E-state index in [1.807, 2.05) is 18.2 Å². The highest BCUT2D eigenvalue weighted by Gasteiger charge is 2.44. The maximum atomic E-state index is 12.4. The molecule has 2 aliphatic carbocycles. The van der Waals surface area contributed by atoms with E-state index in [-0.39, 0.29) is 0 Å². The number of allylic oxidation sites excluding steroid dienone is 2. The molecule has 0 aliphatic heterocycles. The third-order valence-corrected chi connectivity index (χ3v) is 4.73. The van der Waals surface area contributed by atoms with Gasteiger partial charge in [-0.1, -0.05) is 49.4 Å². The summed E-state index contributed by atoms with van der Waals surface area (Å²) in [6, 6.07) is 10.3. The summed E-state index contributed by atoms with van der Waals surface area (Å²) in [5, 5.41) is 0. The maximum absolute atomic E-state index is 12.4. The van der Waals surface area contributed by atoms with E-state index in [0.717, 1.165) is 6.42 Å². The fourth-order valence-electron chi connectivity index (χ4n) is 3.68. The molecule has 0 saturated heterocycles. The zero-order valence-electron chi connectivity index (χ0n) is 10.9. The molecule has 0 spiro atoms. The van der Waals surface area contributed by atoms with Crippen LogP contribution in [0.3, 0.4) is 0 Å². The van der Waals surface area contributed by atoms with Crippen LogP contribution in [0.5, 0.6) is 0 Å². The number of ketones is 1. The van der Waals surface area contributed by atoms with Crippen LogP contribution in [0.4, 0.5) is 0 Å². The minimum absolute atomic E-state index is 0.295. The standard InChI is InChI=1S/C17H20O/c1-12-14-8-9-15(11-14)17(12)16(18)10-7-13-5-3-2-4-6-13/h2-6,8-9,12,14-15,17H,7,10-11H2,1H3/t12-,14+,15-,17+/m0/s1. The summed E-state index contributed by atoms with van der Waals surface area (Å²) < 4.78 is 0. The van der Waals surface area contributed by atoms with E-state index in [1.165, 1.54) is 12.0 Å². The second-order valence-corrected chi connectivity index (χ2v) is 5.79. The molecule has 0 N–H and O–H groups in total. The Morgan fingerprint density at radius 1 is 1.17 bits per heavy atom. The SMILES string of the molecule is C[C@@H]1[C@@H](C(=O)CCc2ccccc2)[C@H]2C=C[C@@H]1C2. The Hall–Kier alpha value is -1.37. The third-order valence-electron chi connectivity index (χ3n) is 4.73. The summed E-state index contributed by atoms with van der Waals surface area (Å²) >= 11 is 0. The second-order valence-electron chi connectivity index (χ2n) is 5.79. The van der Waals surface area contributed by atoms with Crippen LogP contribution in [0, 0.1) is 23.7 Å². The molecule has 2 bridgehead atoms. The monoisotopic (exact) mass is 240 g/mol. The Morgan fingerprint density at radius 2 is 1.89 bits per heavy atom. The molecule has 0 unspecified atom stereocenters. The first-order valence-electron chi connectivity index (χ1n) is 7.00. The zero-order valence-corrected chi connectivity index (χ0v) is 10.9. The number of carbonyl (C=O) groups is 1. The molecule has 1 saturated carbocycles. The molecule has 1 aromatic carbocycles. The van der Waals surface area contributed by atoms with E-state index in [2.05, 4.69) is 31.2 Å². The second kappa shape index (κ2) is 4.72. The molecule has 2 aliphatic rings. The van der Waals surface area contributed by atoms with Crippen molar-refractivity contribution in [3.63, 3.8) is 0 Å². The van der Waals surface area contributed by atoms with Gasteiger partial charge in [-0.25, -0.2) is 0 Å². The molecule has 4 atom stereocenters. The molecular weight excluding hydrogens is 220 g/mol. The average molecular weight is 240 g/mol. The lowest BCUT2D eigenvalue weighted by Gasteiger charge is -2.23. The van der Waals surface area contributed by atoms with Gasteiger partial charge in [0.25, 0.3) is 0 Å². The number of rotatable bonds is 4. The van der Waals surface area contributed by atoms with Gasteiger partial charge in [-0.2, -0.15) is 0 Å². The quantitative estimate of drug-likeness (QED) is 0.734. The highest BCUT2D eigenvalue weighted by Crippen LogP contribution is 2.48. The Morgan fingerprint density at radius 3 is 2.56 bits per heavy atom. The largest absolute Gasteiger partial charge is 0.299 e. The van der Waals surface area contributed by atoms with Crippen LogP contribution in [-0.2, 0) is 11.2 Å². The smallest absolute Gasteiger partial charge is 0.137 e. The van der Waals surface area contributed by atoms with Crippen LogP contribution in [0.25, 0.3) is 0 Å². The van der Waals surface area contributed by atoms with Crippen molar-refractivity contribution in [3.05, 3.63) is 48.0 Å². The minimum Gasteiger partial charge on any atom is -0.299 e. The molecule has 0 aromatic heterocycles. The van der Waals surface area contributed by atoms with E-state index in [9.17, 15) is 4.79 Å². The van der Waals surface area contributed by atoms with Gasteiger partial charge in [-0.15, -0.1) is 0 Å². The fourth-order valence-corrected chi connectivity index (χ4v) is 3.68. The van der Waals surface area contributed by atoms with E-state index in [1.54, 1.807) is 0 Å². The lowest BCUT2D eigenvalue weighted by Crippen LogP contribution is -2.26. The van der Waals surface area contributed by atoms with Crippen molar-refractivity contribution in [3.8, 4) is 0 Å². The van der Waals surface area contributed by atoms with Crippen molar-refractivity contribution >= 4 is 5.78 Å². The van der Waals surface area contributed by atoms with E-state index in [4.69, 9.17) is 0 Å². The summed E-state index contributed by atoms with van der Waals surface area (Å²) in [6.45, 7) is 2.25. The Bertz CT molecular complexity index is 460. The number of hydrogen-bond acceptors (Lipinski definition) is 1. The van der Waals surface area contributed by atoms with Crippen LogP contribution in [-0.4, -0.2) is 5.78 Å². The average Bonchev–Trinajstić information content (AvgIpc) is 2.98. The summed E-state index contributed by atoms with van der Waals surface area (Å²) in [4.78, 5) is 12.4.